The van der Waals surface area contributed by atoms with Gasteiger partial charge in [-0.2, -0.15) is 0 Å². The van der Waals surface area contributed by atoms with Gasteiger partial charge in [0.05, 0.1) is 6.42 Å². The van der Waals surface area contributed by atoms with Crippen LogP contribution in [0.3, 0.4) is 0 Å². The molecule has 4 aromatic carbocycles. The van der Waals surface area contributed by atoms with E-state index in [2.05, 4.69) is 5.32 Å². The molecule has 7 nitrogen and oxygen atoms in total. The number of nitrogens with one attached hydrogen (secondary N) is 1. The molecule has 2 amide bonds. The molecule has 0 aliphatic heterocycles. The lowest BCUT2D eigenvalue weighted by Gasteiger charge is -2.27. The van der Waals surface area contributed by atoms with Crippen LogP contribution in [0.5, 0.6) is 0 Å². The van der Waals surface area contributed by atoms with Crippen molar-refractivity contribution >= 4 is 18.0 Å². The van der Waals surface area contributed by atoms with Gasteiger partial charge in [0.15, 0.2) is 0 Å². The van der Waals surface area contributed by atoms with Crippen LogP contribution in [0, 0.1) is 0 Å². The third kappa shape index (κ3) is 6.21. The van der Waals surface area contributed by atoms with Crippen LogP contribution in [0.25, 0.3) is 11.1 Å². The Morgan fingerprint density at radius 2 is 1.20 bits per heavy atom. The van der Waals surface area contributed by atoms with Crippen molar-refractivity contribution in [2.75, 3.05) is 6.61 Å². The predicted octanol–water partition coefficient (Wildman–Crippen LogP) is 5.60. The largest absolute Gasteiger partial charge is 0.481 e. The van der Waals surface area contributed by atoms with Gasteiger partial charge in [0.2, 0.25) is 5.91 Å². The summed E-state index contributed by atoms with van der Waals surface area (Å²) in [5, 5.41) is 12.1. The number of aliphatic carboxylic acids is 1. The van der Waals surface area contributed by atoms with Crippen LogP contribution >= 0.6 is 0 Å². The zero-order valence-corrected chi connectivity index (χ0v) is 21.9. The molecule has 1 unspecified atom stereocenters. The fourth-order valence-corrected chi connectivity index (χ4v) is 5.20. The van der Waals surface area contributed by atoms with Gasteiger partial charge in [-0.15, -0.1) is 0 Å². The lowest BCUT2D eigenvalue weighted by atomic mass is 9.98. The van der Waals surface area contributed by atoms with Crippen molar-refractivity contribution in [3.63, 3.8) is 0 Å². The summed E-state index contributed by atoms with van der Waals surface area (Å²) < 4.78 is 5.60. The summed E-state index contributed by atoms with van der Waals surface area (Å²) in [6.07, 6.45) is -1.40. The normalized spacial score (nSPS) is 12.6. The SMILES string of the molecule is O=C(O)CC(NC(=O)OCC1c2ccccc2-c2ccccc21)C(=O)N(Cc1ccccc1)Cc1ccccc1. The van der Waals surface area contributed by atoms with Crippen molar-refractivity contribution in [1.29, 1.82) is 0 Å². The van der Waals surface area contributed by atoms with Gasteiger partial charge in [-0.3, -0.25) is 9.59 Å². The maximum Gasteiger partial charge on any atom is 0.407 e. The number of amides is 2. The van der Waals surface area contributed by atoms with Crippen LogP contribution in [-0.4, -0.2) is 40.6 Å². The standard InChI is InChI=1S/C33H30N2O5/c36-31(37)19-30(32(38)35(20-23-11-3-1-4-12-23)21-24-13-5-2-6-14-24)34-33(39)40-22-29-27-17-9-7-15-25(27)26-16-8-10-18-28(26)29/h1-18,29-30H,19-22H2,(H,34,39)(H,36,37). The number of alkyl carbamates (subject to hydrolysis) is 1. The molecular weight excluding hydrogens is 504 g/mol. The third-order valence-electron chi connectivity index (χ3n) is 7.06. The van der Waals surface area contributed by atoms with Crippen LogP contribution in [0.1, 0.15) is 34.6 Å². The Hall–Kier alpha value is -4.91. The Kier molecular flexibility index (Phi) is 8.21. The quantitative estimate of drug-likeness (QED) is 0.276. The maximum atomic E-state index is 13.7. The van der Waals surface area contributed by atoms with Gasteiger partial charge in [0.1, 0.15) is 12.6 Å². The summed E-state index contributed by atoms with van der Waals surface area (Å²) in [6.45, 7) is 0.583. The molecule has 1 atom stereocenters. The van der Waals surface area contributed by atoms with Crippen LogP contribution in [0.4, 0.5) is 4.79 Å². The number of carboxylic acids is 1. The molecule has 5 rings (SSSR count). The molecule has 1 aliphatic carbocycles. The van der Waals surface area contributed by atoms with Crippen molar-refractivity contribution in [2.24, 2.45) is 0 Å². The lowest BCUT2D eigenvalue weighted by molar-refractivity contribution is -0.143. The first-order valence-electron chi connectivity index (χ1n) is 13.2. The highest BCUT2D eigenvalue weighted by atomic mass is 16.5. The van der Waals surface area contributed by atoms with Crippen LogP contribution in [0.15, 0.2) is 109 Å². The minimum atomic E-state index is -1.29. The summed E-state index contributed by atoms with van der Waals surface area (Å²) in [4.78, 5) is 39.9. The van der Waals surface area contributed by atoms with Crippen molar-refractivity contribution in [3.05, 3.63) is 131 Å². The molecular formula is C33H30N2O5. The van der Waals surface area contributed by atoms with Gasteiger partial charge >= 0.3 is 12.1 Å². The highest BCUT2D eigenvalue weighted by Crippen LogP contribution is 2.44. The lowest BCUT2D eigenvalue weighted by Crippen LogP contribution is -2.49. The van der Waals surface area contributed by atoms with Crippen molar-refractivity contribution in [1.82, 2.24) is 10.2 Å². The number of carbonyl (C=O) groups is 3. The summed E-state index contributed by atoms with van der Waals surface area (Å²) in [5.41, 5.74) is 6.11. The third-order valence-corrected chi connectivity index (χ3v) is 7.06. The van der Waals surface area contributed by atoms with Gasteiger partial charge in [0.25, 0.3) is 0 Å². The molecule has 2 N–H and O–H groups in total. The molecule has 7 heteroatoms. The van der Waals surface area contributed by atoms with E-state index in [-0.39, 0.29) is 25.6 Å². The van der Waals surface area contributed by atoms with Crippen molar-refractivity contribution in [3.8, 4) is 11.1 Å². The molecule has 0 spiro atoms. The minimum Gasteiger partial charge on any atom is -0.481 e. The Labute approximate surface area is 233 Å². The zero-order chi connectivity index (χ0) is 27.9. The molecule has 0 saturated carbocycles. The first kappa shape index (κ1) is 26.7. The van der Waals surface area contributed by atoms with E-state index in [0.29, 0.717) is 0 Å². The molecule has 0 fully saturated rings. The number of nitrogens with zero attached hydrogens (tertiary/aromatic N) is 1. The number of fused-ring (bicyclic) bond motifs is 3. The average Bonchev–Trinajstić information content (AvgIpc) is 3.29. The van der Waals surface area contributed by atoms with Crippen molar-refractivity contribution in [2.45, 2.75) is 31.5 Å². The Morgan fingerprint density at radius 3 is 1.70 bits per heavy atom. The van der Waals surface area contributed by atoms with E-state index in [0.717, 1.165) is 33.4 Å². The molecule has 0 saturated heterocycles. The average molecular weight is 535 g/mol. The van der Waals surface area contributed by atoms with Gasteiger partial charge < -0.3 is 20.1 Å². The number of carboxylic acid groups (broad SMARTS) is 1. The zero-order valence-electron chi connectivity index (χ0n) is 21.9. The number of benzene rings is 4. The molecule has 0 aromatic heterocycles. The van der Waals surface area contributed by atoms with Crippen LogP contribution in [-0.2, 0) is 27.4 Å². The van der Waals surface area contributed by atoms with Crippen LogP contribution < -0.4 is 5.32 Å². The number of hydrogen-bond acceptors (Lipinski definition) is 4. The second-order valence-electron chi connectivity index (χ2n) is 9.79. The number of rotatable bonds is 10. The van der Waals surface area contributed by atoms with Crippen molar-refractivity contribution < 1.29 is 24.2 Å². The van der Waals surface area contributed by atoms with Gasteiger partial charge in [0, 0.05) is 19.0 Å². The van der Waals surface area contributed by atoms with Gasteiger partial charge in [-0.1, -0.05) is 109 Å². The molecule has 0 bridgehead atoms. The number of hydrogen-bond donors (Lipinski definition) is 2. The van der Waals surface area contributed by atoms with E-state index in [1.807, 2.05) is 109 Å². The fraction of sp³-hybridized carbons (Fsp3) is 0.182. The smallest absolute Gasteiger partial charge is 0.407 e. The highest BCUT2D eigenvalue weighted by molar-refractivity contribution is 5.89. The molecule has 0 heterocycles. The van der Waals surface area contributed by atoms with E-state index >= 15 is 0 Å². The summed E-state index contributed by atoms with van der Waals surface area (Å²) in [5.74, 6) is -1.85. The van der Waals surface area contributed by atoms with Crippen LogP contribution in [0.2, 0.25) is 0 Å². The second kappa shape index (κ2) is 12.3. The van der Waals surface area contributed by atoms with E-state index in [4.69, 9.17) is 4.74 Å². The topological polar surface area (TPSA) is 95.9 Å². The molecule has 1 aliphatic rings. The molecule has 202 valence electrons. The van der Waals surface area contributed by atoms with E-state index in [1.165, 1.54) is 0 Å². The summed E-state index contributed by atoms with van der Waals surface area (Å²) >= 11 is 0. The Morgan fingerprint density at radius 1 is 0.725 bits per heavy atom. The fourth-order valence-electron chi connectivity index (χ4n) is 5.20. The highest BCUT2D eigenvalue weighted by Gasteiger charge is 2.32. The second-order valence-corrected chi connectivity index (χ2v) is 9.79. The minimum absolute atomic E-state index is 0.0611. The monoisotopic (exact) mass is 534 g/mol. The molecule has 40 heavy (non-hydrogen) atoms. The summed E-state index contributed by atoms with van der Waals surface area (Å²) in [7, 11) is 0. The van der Waals surface area contributed by atoms with Gasteiger partial charge in [-0.05, 0) is 33.4 Å². The first-order chi connectivity index (χ1) is 19.5. The van der Waals surface area contributed by atoms with Gasteiger partial charge in [-0.25, -0.2) is 4.79 Å². The molecule has 4 aromatic rings. The van der Waals surface area contributed by atoms with E-state index in [1.54, 1.807) is 4.90 Å². The molecule has 0 radical (unpaired) electrons. The number of ether oxygens (including phenoxy) is 1. The Bertz CT molecular complexity index is 1400. The summed E-state index contributed by atoms with van der Waals surface area (Å²) in [6, 6.07) is 33.6. The predicted molar refractivity (Wildman–Crippen MR) is 151 cm³/mol. The Balaban J connectivity index is 1.31. The van der Waals surface area contributed by atoms with E-state index < -0.39 is 30.4 Å². The van der Waals surface area contributed by atoms with E-state index in [9.17, 15) is 19.5 Å². The first-order valence-corrected chi connectivity index (χ1v) is 13.2. The number of carbonyl (C=O) groups excluding carboxylic acids is 2. The maximum absolute atomic E-state index is 13.7.